The normalized spacial score (nSPS) is 17.5. The maximum Gasteiger partial charge on any atom is 0.314 e. The third-order valence-electron chi connectivity index (χ3n) is 3.15. The Bertz CT molecular complexity index is 408. The van der Waals surface area contributed by atoms with Gasteiger partial charge < -0.3 is 5.11 Å². The Morgan fingerprint density at radius 3 is 2.60 bits per heavy atom. The number of aryl methyl sites for hydroxylation is 1. The lowest BCUT2D eigenvalue weighted by atomic mass is 9.95. The molecule has 0 saturated heterocycles. The zero-order valence-corrected chi connectivity index (χ0v) is 10.2. The van der Waals surface area contributed by atoms with E-state index in [1.807, 2.05) is 18.2 Å². The molecule has 15 heavy (non-hydrogen) atoms. The molecule has 0 aliphatic heterocycles. The van der Waals surface area contributed by atoms with Crippen LogP contribution in [0, 0.1) is 0 Å². The van der Waals surface area contributed by atoms with Crippen LogP contribution in [0.4, 0.5) is 0 Å². The molecule has 80 valence electrons. The lowest BCUT2D eigenvalue weighted by Crippen LogP contribution is -2.19. The highest BCUT2D eigenvalue weighted by molar-refractivity contribution is 9.10. The summed E-state index contributed by atoms with van der Waals surface area (Å²) < 4.78 is 1.02. The van der Waals surface area contributed by atoms with E-state index in [1.165, 1.54) is 5.56 Å². The maximum atomic E-state index is 11.1. The zero-order valence-electron chi connectivity index (χ0n) is 8.59. The third kappa shape index (κ3) is 1.69. The SMILES string of the molecule is CCc1ccc(C2(C(=O)O)CC2)cc1Br. The Morgan fingerprint density at radius 1 is 1.53 bits per heavy atom. The monoisotopic (exact) mass is 268 g/mol. The fourth-order valence-electron chi connectivity index (χ4n) is 1.88. The molecule has 0 unspecified atom stereocenters. The van der Waals surface area contributed by atoms with Gasteiger partial charge in [-0.15, -0.1) is 0 Å². The summed E-state index contributed by atoms with van der Waals surface area (Å²) in [7, 11) is 0. The first kappa shape index (κ1) is 10.7. The Morgan fingerprint density at radius 2 is 2.20 bits per heavy atom. The molecule has 1 aromatic rings. The van der Waals surface area contributed by atoms with Crippen LogP contribution >= 0.6 is 15.9 Å². The second-order valence-electron chi connectivity index (χ2n) is 4.05. The Hall–Kier alpha value is -0.830. The van der Waals surface area contributed by atoms with Crippen LogP contribution in [0.5, 0.6) is 0 Å². The van der Waals surface area contributed by atoms with Crippen molar-refractivity contribution in [3.8, 4) is 0 Å². The molecule has 2 rings (SSSR count). The van der Waals surface area contributed by atoms with Gasteiger partial charge in [0.1, 0.15) is 0 Å². The summed E-state index contributed by atoms with van der Waals surface area (Å²) in [6.07, 6.45) is 2.49. The van der Waals surface area contributed by atoms with Gasteiger partial charge in [-0.2, -0.15) is 0 Å². The fraction of sp³-hybridized carbons (Fsp3) is 0.417. The van der Waals surface area contributed by atoms with E-state index < -0.39 is 11.4 Å². The molecule has 0 atom stereocenters. The van der Waals surface area contributed by atoms with Crippen molar-refractivity contribution in [3.63, 3.8) is 0 Å². The van der Waals surface area contributed by atoms with Crippen LogP contribution in [0.1, 0.15) is 30.9 Å². The Kier molecular flexibility index (Phi) is 2.59. The van der Waals surface area contributed by atoms with Crippen molar-refractivity contribution in [3.05, 3.63) is 33.8 Å². The van der Waals surface area contributed by atoms with Crippen molar-refractivity contribution < 1.29 is 9.90 Å². The Balaban J connectivity index is 2.39. The summed E-state index contributed by atoms with van der Waals surface area (Å²) in [6, 6.07) is 5.92. The molecule has 1 N–H and O–H groups in total. The molecule has 3 heteroatoms. The van der Waals surface area contributed by atoms with Crippen LogP contribution in [-0.4, -0.2) is 11.1 Å². The number of aliphatic carboxylic acids is 1. The summed E-state index contributed by atoms with van der Waals surface area (Å²) in [5.41, 5.74) is 1.56. The highest BCUT2D eigenvalue weighted by Crippen LogP contribution is 2.49. The molecule has 0 spiro atoms. The van der Waals surface area contributed by atoms with Gasteiger partial charge in [0.2, 0.25) is 0 Å². The lowest BCUT2D eigenvalue weighted by Gasteiger charge is -2.12. The summed E-state index contributed by atoms with van der Waals surface area (Å²) in [5.74, 6) is -0.696. The predicted molar refractivity (Wildman–Crippen MR) is 62.1 cm³/mol. The molecule has 0 amide bonds. The number of carboxylic acid groups (broad SMARTS) is 1. The summed E-state index contributed by atoms with van der Waals surface area (Å²) in [6.45, 7) is 2.09. The first-order valence-electron chi connectivity index (χ1n) is 5.12. The molecule has 1 saturated carbocycles. The summed E-state index contributed by atoms with van der Waals surface area (Å²) >= 11 is 3.48. The second-order valence-corrected chi connectivity index (χ2v) is 4.90. The zero-order chi connectivity index (χ0) is 11.1. The topological polar surface area (TPSA) is 37.3 Å². The minimum Gasteiger partial charge on any atom is -0.481 e. The van der Waals surface area contributed by atoms with E-state index in [9.17, 15) is 4.79 Å². The highest BCUT2D eigenvalue weighted by Gasteiger charge is 2.51. The van der Waals surface area contributed by atoms with E-state index in [0.29, 0.717) is 0 Å². The summed E-state index contributed by atoms with van der Waals surface area (Å²) in [4.78, 5) is 11.1. The number of carbonyl (C=O) groups is 1. The molecule has 0 radical (unpaired) electrons. The Labute approximate surface area is 97.4 Å². The van der Waals surface area contributed by atoms with E-state index >= 15 is 0 Å². The fourth-order valence-corrected chi connectivity index (χ4v) is 2.54. The average molecular weight is 269 g/mol. The van der Waals surface area contributed by atoms with Crippen LogP contribution < -0.4 is 0 Å². The van der Waals surface area contributed by atoms with Crippen molar-refractivity contribution in [1.29, 1.82) is 0 Å². The number of hydrogen-bond donors (Lipinski definition) is 1. The molecule has 1 fully saturated rings. The lowest BCUT2D eigenvalue weighted by molar-refractivity contribution is -0.140. The molecule has 2 nitrogen and oxygen atoms in total. The van der Waals surface area contributed by atoms with Gasteiger partial charge in [0, 0.05) is 4.47 Å². The maximum absolute atomic E-state index is 11.1. The van der Waals surface area contributed by atoms with Gasteiger partial charge in [0.05, 0.1) is 5.41 Å². The number of carboxylic acids is 1. The van der Waals surface area contributed by atoms with Crippen molar-refractivity contribution in [2.75, 3.05) is 0 Å². The van der Waals surface area contributed by atoms with E-state index in [0.717, 1.165) is 29.3 Å². The van der Waals surface area contributed by atoms with Crippen LogP contribution in [0.25, 0.3) is 0 Å². The van der Waals surface area contributed by atoms with Crippen molar-refractivity contribution >= 4 is 21.9 Å². The van der Waals surface area contributed by atoms with Gasteiger partial charge in [-0.25, -0.2) is 0 Å². The quantitative estimate of drug-likeness (QED) is 0.915. The van der Waals surface area contributed by atoms with E-state index in [1.54, 1.807) is 0 Å². The largest absolute Gasteiger partial charge is 0.481 e. The van der Waals surface area contributed by atoms with Crippen LogP contribution in [0.2, 0.25) is 0 Å². The molecule has 1 aromatic carbocycles. The minimum atomic E-state index is -0.696. The van der Waals surface area contributed by atoms with Gasteiger partial charge >= 0.3 is 5.97 Å². The molecule has 1 aliphatic rings. The van der Waals surface area contributed by atoms with E-state index in [2.05, 4.69) is 22.9 Å². The molecule has 0 aromatic heterocycles. The van der Waals surface area contributed by atoms with Crippen LogP contribution in [0.3, 0.4) is 0 Å². The van der Waals surface area contributed by atoms with Crippen LogP contribution in [-0.2, 0) is 16.6 Å². The van der Waals surface area contributed by atoms with Gasteiger partial charge in [-0.05, 0) is 36.5 Å². The van der Waals surface area contributed by atoms with Gasteiger partial charge in [0.15, 0.2) is 0 Å². The average Bonchev–Trinajstić information content (AvgIpc) is 2.98. The first-order chi connectivity index (χ1) is 7.10. The predicted octanol–water partition coefficient (Wildman–Crippen LogP) is 3.13. The molecular formula is C12H13BrO2. The van der Waals surface area contributed by atoms with Crippen molar-refractivity contribution in [2.24, 2.45) is 0 Å². The second kappa shape index (κ2) is 3.63. The minimum absolute atomic E-state index is 0.589. The standard InChI is InChI=1S/C12H13BrO2/c1-2-8-3-4-9(7-10(8)13)12(5-6-12)11(14)15/h3-4,7H,2,5-6H2,1H3,(H,14,15). The number of halogens is 1. The molecule has 0 heterocycles. The number of hydrogen-bond acceptors (Lipinski definition) is 1. The van der Waals surface area contributed by atoms with Crippen molar-refractivity contribution in [2.45, 2.75) is 31.6 Å². The molecule has 1 aliphatic carbocycles. The van der Waals surface area contributed by atoms with Crippen molar-refractivity contribution in [1.82, 2.24) is 0 Å². The van der Waals surface area contributed by atoms with Crippen LogP contribution in [0.15, 0.2) is 22.7 Å². The first-order valence-corrected chi connectivity index (χ1v) is 5.92. The highest BCUT2D eigenvalue weighted by atomic mass is 79.9. The van der Waals surface area contributed by atoms with Gasteiger partial charge in [-0.3, -0.25) is 4.79 Å². The van der Waals surface area contributed by atoms with E-state index in [-0.39, 0.29) is 0 Å². The van der Waals surface area contributed by atoms with Gasteiger partial charge in [0.25, 0.3) is 0 Å². The summed E-state index contributed by atoms with van der Waals surface area (Å²) in [5, 5.41) is 9.16. The van der Waals surface area contributed by atoms with E-state index in [4.69, 9.17) is 5.11 Å². The van der Waals surface area contributed by atoms with Gasteiger partial charge in [-0.1, -0.05) is 35.0 Å². The number of benzene rings is 1. The molecular weight excluding hydrogens is 256 g/mol. The third-order valence-corrected chi connectivity index (χ3v) is 3.88. The molecule has 0 bridgehead atoms. The smallest absolute Gasteiger partial charge is 0.314 e. The number of rotatable bonds is 3.